The van der Waals surface area contributed by atoms with Gasteiger partial charge in [-0.15, -0.1) is 12.4 Å². The highest BCUT2D eigenvalue weighted by Crippen LogP contribution is 2.46. The molecule has 3 heterocycles. The molecule has 3 aliphatic heterocycles. The Hall–Kier alpha value is 0.210. The third-order valence-electron chi connectivity index (χ3n) is 4.04. The second kappa shape index (κ2) is 4.38. The van der Waals surface area contributed by atoms with Crippen LogP contribution in [-0.2, 0) is 4.79 Å². The monoisotopic (exact) mass is 237 g/mol. The highest BCUT2D eigenvalue weighted by molar-refractivity contribution is 6.64. The van der Waals surface area contributed by atoms with Crippen LogP contribution in [0.2, 0.25) is 0 Å². The van der Waals surface area contributed by atoms with Gasteiger partial charge >= 0.3 is 0 Å². The summed E-state index contributed by atoms with van der Waals surface area (Å²) in [6, 6.07) is 0. The Kier molecular flexibility index (Phi) is 3.84. The molecule has 3 aliphatic rings. The van der Waals surface area contributed by atoms with Gasteiger partial charge in [0.05, 0.1) is 0 Å². The summed E-state index contributed by atoms with van der Waals surface area (Å²) >= 11 is 5.59. The van der Waals surface area contributed by atoms with Crippen LogP contribution in [0.1, 0.15) is 26.2 Å². The zero-order chi connectivity index (χ0) is 9.47. The van der Waals surface area contributed by atoms with Gasteiger partial charge in [-0.05, 0) is 55.9 Å². The molecular formula is C10H17Cl2NO. The maximum Gasteiger partial charge on any atom is 0.224 e. The fraction of sp³-hybridized carbons (Fsp3) is 0.900. The molecule has 3 rings (SSSR count). The topological polar surface area (TPSA) is 20.3 Å². The Morgan fingerprint density at radius 2 is 1.71 bits per heavy atom. The van der Waals surface area contributed by atoms with E-state index in [0.29, 0.717) is 0 Å². The minimum Gasteiger partial charge on any atom is -0.303 e. The van der Waals surface area contributed by atoms with Crippen molar-refractivity contribution in [1.29, 1.82) is 0 Å². The molecule has 2 nitrogen and oxygen atoms in total. The smallest absolute Gasteiger partial charge is 0.224 e. The van der Waals surface area contributed by atoms with Gasteiger partial charge in [0.25, 0.3) is 0 Å². The Morgan fingerprint density at radius 1 is 1.29 bits per heavy atom. The van der Waals surface area contributed by atoms with E-state index in [1.165, 1.54) is 0 Å². The molecule has 0 aromatic carbocycles. The van der Waals surface area contributed by atoms with Crippen LogP contribution >= 0.6 is 24.0 Å². The van der Waals surface area contributed by atoms with E-state index in [1.807, 2.05) is 6.92 Å². The molecule has 0 radical (unpaired) electrons. The van der Waals surface area contributed by atoms with Crippen molar-refractivity contribution in [2.75, 3.05) is 19.6 Å². The number of carbonyl (C=O) groups excluding carboxylic acids is 1. The molecule has 0 amide bonds. The molecule has 0 aliphatic carbocycles. The molecule has 0 spiro atoms. The molecule has 1 unspecified atom stereocenters. The highest BCUT2D eigenvalue weighted by Gasteiger charge is 2.45. The fourth-order valence-electron chi connectivity index (χ4n) is 2.74. The van der Waals surface area contributed by atoms with E-state index in [9.17, 15) is 4.79 Å². The summed E-state index contributed by atoms with van der Waals surface area (Å²) in [5, 5.41) is -0.143. The number of carbonyl (C=O) groups is 1. The quantitative estimate of drug-likeness (QED) is 0.688. The molecular weight excluding hydrogens is 221 g/mol. The Labute approximate surface area is 96.4 Å². The van der Waals surface area contributed by atoms with Gasteiger partial charge in [0.2, 0.25) is 5.24 Å². The summed E-state index contributed by atoms with van der Waals surface area (Å²) in [7, 11) is 0. The van der Waals surface area contributed by atoms with E-state index in [1.54, 1.807) is 0 Å². The van der Waals surface area contributed by atoms with Crippen molar-refractivity contribution in [2.24, 2.45) is 11.3 Å². The fourth-order valence-corrected chi connectivity index (χ4v) is 2.97. The van der Waals surface area contributed by atoms with Crippen molar-refractivity contribution in [2.45, 2.75) is 26.2 Å². The van der Waals surface area contributed by atoms with E-state index in [0.717, 1.165) is 38.9 Å². The largest absolute Gasteiger partial charge is 0.303 e. The summed E-state index contributed by atoms with van der Waals surface area (Å²) in [5.41, 5.74) is 0.244. The van der Waals surface area contributed by atoms with Crippen LogP contribution in [0.25, 0.3) is 0 Å². The van der Waals surface area contributed by atoms with Gasteiger partial charge in [-0.1, -0.05) is 6.92 Å². The first kappa shape index (κ1) is 12.3. The van der Waals surface area contributed by atoms with Crippen molar-refractivity contribution in [3.63, 3.8) is 0 Å². The minimum atomic E-state index is -0.143. The molecule has 4 heteroatoms. The first-order chi connectivity index (χ1) is 6.14. The minimum absolute atomic E-state index is 0. The Bertz CT molecular complexity index is 210. The average Bonchev–Trinajstić information content (AvgIpc) is 2.19. The maximum atomic E-state index is 11.2. The summed E-state index contributed by atoms with van der Waals surface area (Å²) < 4.78 is 0. The van der Waals surface area contributed by atoms with E-state index in [-0.39, 0.29) is 29.0 Å². The lowest BCUT2D eigenvalue weighted by molar-refractivity contribution is -0.122. The van der Waals surface area contributed by atoms with Gasteiger partial charge in [-0.3, -0.25) is 4.79 Å². The Morgan fingerprint density at radius 3 is 2.07 bits per heavy atom. The molecule has 0 N–H and O–H groups in total. The van der Waals surface area contributed by atoms with Crippen molar-refractivity contribution in [3.8, 4) is 0 Å². The summed E-state index contributed by atoms with van der Waals surface area (Å²) in [4.78, 5) is 13.7. The van der Waals surface area contributed by atoms with E-state index in [4.69, 9.17) is 11.6 Å². The van der Waals surface area contributed by atoms with Crippen molar-refractivity contribution in [3.05, 3.63) is 0 Å². The zero-order valence-electron chi connectivity index (χ0n) is 8.46. The lowest BCUT2D eigenvalue weighted by atomic mass is 9.65. The molecule has 3 fully saturated rings. The van der Waals surface area contributed by atoms with Crippen molar-refractivity contribution < 1.29 is 4.79 Å². The second-order valence-corrected chi connectivity index (χ2v) is 4.85. The van der Waals surface area contributed by atoms with Gasteiger partial charge in [-0.2, -0.15) is 0 Å². The number of hydrogen-bond donors (Lipinski definition) is 0. The van der Waals surface area contributed by atoms with Crippen LogP contribution in [-0.4, -0.2) is 29.8 Å². The number of rotatable bonds is 2. The lowest BCUT2D eigenvalue weighted by Gasteiger charge is -2.50. The van der Waals surface area contributed by atoms with E-state index in [2.05, 4.69) is 4.90 Å². The number of halogens is 2. The van der Waals surface area contributed by atoms with Crippen LogP contribution in [0, 0.1) is 11.3 Å². The maximum absolute atomic E-state index is 11.2. The summed E-state index contributed by atoms with van der Waals surface area (Å²) in [6.07, 6.45) is 3.48. The Balaban J connectivity index is 0.000000980. The normalized spacial score (nSPS) is 37.4. The molecule has 2 bridgehead atoms. The van der Waals surface area contributed by atoms with Crippen LogP contribution in [0.4, 0.5) is 0 Å². The standard InChI is InChI=1S/C10H16ClNO.ClH/c1-8(9(11)13)10-2-5-12(6-3-10)7-4-10;/h8H,2-7H2,1H3;1H. The predicted octanol–water partition coefficient (Wildman–Crippen LogP) is 2.30. The lowest BCUT2D eigenvalue weighted by Crippen LogP contribution is -2.51. The first-order valence-electron chi connectivity index (χ1n) is 5.06. The highest BCUT2D eigenvalue weighted by atomic mass is 35.5. The average molecular weight is 238 g/mol. The SMILES string of the molecule is CC(C(=O)Cl)C12CCN(CC1)CC2.Cl. The molecule has 0 aromatic rings. The van der Waals surface area contributed by atoms with E-state index < -0.39 is 0 Å². The van der Waals surface area contributed by atoms with Crippen LogP contribution < -0.4 is 0 Å². The van der Waals surface area contributed by atoms with Crippen LogP contribution in [0.15, 0.2) is 0 Å². The second-order valence-electron chi connectivity index (χ2n) is 4.48. The molecule has 14 heavy (non-hydrogen) atoms. The van der Waals surface area contributed by atoms with Gasteiger partial charge in [0.1, 0.15) is 0 Å². The van der Waals surface area contributed by atoms with Crippen molar-refractivity contribution >= 4 is 29.3 Å². The molecule has 82 valence electrons. The number of hydrogen-bond acceptors (Lipinski definition) is 2. The predicted molar refractivity (Wildman–Crippen MR) is 60.0 cm³/mol. The van der Waals surface area contributed by atoms with Crippen molar-refractivity contribution in [1.82, 2.24) is 4.90 Å². The molecule has 0 saturated carbocycles. The molecule has 3 saturated heterocycles. The van der Waals surface area contributed by atoms with E-state index >= 15 is 0 Å². The number of fused-ring (bicyclic) bond motifs is 3. The number of nitrogens with zero attached hydrogens (tertiary/aromatic N) is 1. The van der Waals surface area contributed by atoms with Crippen LogP contribution in [0.3, 0.4) is 0 Å². The third-order valence-corrected chi connectivity index (χ3v) is 4.36. The first-order valence-corrected chi connectivity index (χ1v) is 5.44. The number of piperidine rings is 3. The molecule has 0 aromatic heterocycles. The summed E-state index contributed by atoms with van der Waals surface area (Å²) in [6.45, 7) is 5.48. The van der Waals surface area contributed by atoms with Crippen LogP contribution in [0.5, 0.6) is 0 Å². The van der Waals surface area contributed by atoms with Gasteiger partial charge in [0.15, 0.2) is 0 Å². The van der Waals surface area contributed by atoms with Gasteiger partial charge in [0, 0.05) is 5.92 Å². The summed E-state index contributed by atoms with van der Waals surface area (Å²) in [5.74, 6) is 0.0524. The zero-order valence-corrected chi connectivity index (χ0v) is 10.0. The molecule has 1 atom stereocenters. The van der Waals surface area contributed by atoms with Gasteiger partial charge < -0.3 is 4.90 Å². The third kappa shape index (κ3) is 1.93. The van der Waals surface area contributed by atoms with Gasteiger partial charge in [-0.25, -0.2) is 0 Å².